The van der Waals surface area contributed by atoms with E-state index in [0.29, 0.717) is 16.9 Å². The van der Waals surface area contributed by atoms with Gasteiger partial charge in [0.2, 0.25) is 11.8 Å². The molecule has 0 fully saturated rings. The van der Waals surface area contributed by atoms with E-state index in [9.17, 15) is 9.50 Å². The number of aromatic nitrogens is 4. The maximum absolute atomic E-state index is 13.0. The van der Waals surface area contributed by atoms with Crippen LogP contribution in [0, 0.1) is 5.95 Å². The molecule has 6 heteroatoms. The fraction of sp³-hybridized carbons (Fsp3) is 0. The third-order valence-corrected chi connectivity index (χ3v) is 2.47. The van der Waals surface area contributed by atoms with Crippen LogP contribution >= 0.6 is 0 Å². The van der Waals surface area contributed by atoms with Crippen LogP contribution in [0.2, 0.25) is 0 Å². The Kier molecular flexibility index (Phi) is 2.33. The minimum absolute atomic E-state index is 0.236. The van der Waals surface area contributed by atoms with Crippen molar-refractivity contribution in [1.29, 1.82) is 0 Å². The lowest BCUT2D eigenvalue weighted by atomic mass is 10.2. The standard InChI is InChI=1S/C12H7FN4O/c13-10-5-8-9(6-15-10)16-11(17-12(8)18)7-1-3-14-4-2-7/h1-6H,(H,16,17,18). The molecule has 0 aliphatic rings. The lowest BCUT2D eigenvalue weighted by molar-refractivity contribution is 0.459. The Labute approximate surface area is 101 Å². The summed E-state index contributed by atoms with van der Waals surface area (Å²) in [6, 6.07) is 4.54. The molecule has 0 bridgehead atoms. The van der Waals surface area contributed by atoms with Crippen molar-refractivity contribution in [3.05, 3.63) is 42.7 Å². The van der Waals surface area contributed by atoms with Crippen molar-refractivity contribution in [2.45, 2.75) is 0 Å². The van der Waals surface area contributed by atoms with E-state index in [2.05, 4.69) is 19.9 Å². The van der Waals surface area contributed by atoms with Crippen LogP contribution in [-0.2, 0) is 0 Å². The summed E-state index contributed by atoms with van der Waals surface area (Å²) in [5.41, 5.74) is 1.10. The number of nitrogens with zero attached hydrogens (tertiary/aromatic N) is 4. The van der Waals surface area contributed by atoms with E-state index in [4.69, 9.17) is 0 Å². The summed E-state index contributed by atoms with van der Waals surface area (Å²) in [5, 5.41) is 10.0. The van der Waals surface area contributed by atoms with Gasteiger partial charge in [-0.05, 0) is 12.1 Å². The van der Waals surface area contributed by atoms with Crippen LogP contribution in [0.4, 0.5) is 4.39 Å². The average Bonchev–Trinajstić information content (AvgIpc) is 2.40. The zero-order valence-corrected chi connectivity index (χ0v) is 9.08. The molecule has 0 amide bonds. The van der Waals surface area contributed by atoms with Gasteiger partial charge in [0, 0.05) is 24.0 Å². The van der Waals surface area contributed by atoms with Gasteiger partial charge in [0.05, 0.1) is 17.1 Å². The summed E-state index contributed by atoms with van der Waals surface area (Å²) >= 11 is 0. The fourth-order valence-corrected chi connectivity index (χ4v) is 1.62. The van der Waals surface area contributed by atoms with Crippen LogP contribution in [0.1, 0.15) is 0 Å². The molecule has 0 aromatic carbocycles. The Morgan fingerprint density at radius 2 is 1.89 bits per heavy atom. The maximum Gasteiger partial charge on any atom is 0.222 e. The predicted octanol–water partition coefficient (Wildman–Crippen LogP) is 1.93. The summed E-state index contributed by atoms with van der Waals surface area (Å²) in [6.45, 7) is 0. The predicted molar refractivity (Wildman–Crippen MR) is 62.2 cm³/mol. The number of pyridine rings is 2. The van der Waals surface area contributed by atoms with E-state index in [1.165, 1.54) is 6.20 Å². The zero-order chi connectivity index (χ0) is 12.5. The Morgan fingerprint density at radius 1 is 1.11 bits per heavy atom. The normalized spacial score (nSPS) is 10.7. The van der Waals surface area contributed by atoms with Gasteiger partial charge in [-0.1, -0.05) is 0 Å². The molecular formula is C12H7FN4O. The molecule has 3 rings (SSSR count). The molecule has 0 atom stereocenters. The van der Waals surface area contributed by atoms with Crippen molar-refractivity contribution in [1.82, 2.24) is 19.9 Å². The van der Waals surface area contributed by atoms with E-state index in [-0.39, 0.29) is 11.3 Å². The highest BCUT2D eigenvalue weighted by Crippen LogP contribution is 2.24. The molecule has 0 spiro atoms. The summed E-state index contributed by atoms with van der Waals surface area (Å²) in [4.78, 5) is 15.5. The first-order valence-corrected chi connectivity index (χ1v) is 5.17. The van der Waals surface area contributed by atoms with Crippen molar-refractivity contribution >= 4 is 10.9 Å². The molecule has 3 heterocycles. The highest BCUT2D eigenvalue weighted by Gasteiger charge is 2.09. The molecule has 3 aromatic rings. The number of hydrogen-bond acceptors (Lipinski definition) is 5. The molecule has 5 nitrogen and oxygen atoms in total. The van der Waals surface area contributed by atoms with Crippen LogP contribution < -0.4 is 0 Å². The van der Waals surface area contributed by atoms with Crippen molar-refractivity contribution in [3.8, 4) is 17.3 Å². The van der Waals surface area contributed by atoms with Gasteiger partial charge in [-0.3, -0.25) is 4.98 Å². The van der Waals surface area contributed by atoms with Crippen molar-refractivity contribution in [2.75, 3.05) is 0 Å². The van der Waals surface area contributed by atoms with Crippen LogP contribution in [0.5, 0.6) is 5.88 Å². The Balaban J connectivity index is 2.25. The number of halogens is 1. The highest BCUT2D eigenvalue weighted by molar-refractivity contribution is 5.84. The second-order valence-electron chi connectivity index (χ2n) is 3.63. The van der Waals surface area contributed by atoms with Gasteiger partial charge < -0.3 is 5.11 Å². The van der Waals surface area contributed by atoms with Gasteiger partial charge in [0.15, 0.2) is 5.82 Å². The van der Waals surface area contributed by atoms with E-state index >= 15 is 0 Å². The van der Waals surface area contributed by atoms with Crippen LogP contribution in [0.3, 0.4) is 0 Å². The molecule has 18 heavy (non-hydrogen) atoms. The number of fused-ring (bicyclic) bond motifs is 1. The molecule has 0 saturated carbocycles. The third-order valence-electron chi connectivity index (χ3n) is 2.47. The topological polar surface area (TPSA) is 71.8 Å². The van der Waals surface area contributed by atoms with Gasteiger partial charge in [-0.15, -0.1) is 0 Å². The van der Waals surface area contributed by atoms with Crippen molar-refractivity contribution in [3.63, 3.8) is 0 Å². The number of aromatic hydroxyl groups is 1. The Bertz CT molecular complexity index is 718. The first-order valence-electron chi connectivity index (χ1n) is 5.17. The van der Waals surface area contributed by atoms with Crippen molar-refractivity contribution in [2.24, 2.45) is 0 Å². The van der Waals surface area contributed by atoms with Crippen LogP contribution in [-0.4, -0.2) is 25.0 Å². The van der Waals surface area contributed by atoms with E-state index in [1.54, 1.807) is 24.5 Å². The minimum Gasteiger partial charge on any atom is -0.493 e. The molecule has 0 radical (unpaired) electrons. The molecule has 3 aromatic heterocycles. The first-order chi connectivity index (χ1) is 8.74. The summed E-state index contributed by atoms with van der Waals surface area (Å²) in [5.74, 6) is -0.609. The fourth-order valence-electron chi connectivity index (χ4n) is 1.62. The lowest BCUT2D eigenvalue weighted by Crippen LogP contribution is -1.93. The van der Waals surface area contributed by atoms with Gasteiger partial charge >= 0.3 is 0 Å². The molecule has 1 N–H and O–H groups in total. The lowest BCUT2D eigenvalue weighted by Gasteiger charge is -2.03. The third kappa shape index (κ3) is 1.73. The van der Waals surface area contributed by atoms with Crippen LogP contribution in [0.15, 0.2) is 36.8 Å². The average molecular weight is 242 g/mol. The summed E-state index contributed by atoms with van der Waals surface area (Å²) < 4.78 is 13.0. The quantitative estimate of drug-likeness (QED) is 0.660. The zero-order valence-electron chi connectivity index (χ0n) is 9.08. The molecule has 88 valence electrons. The molecule has 0 aliphatic carbocycles. The Hall–Kier alpha value is -2.63. The van der Waals surface area contributed by atoms with Crippen molar-refractivity contribution < 1.29 is 9.50 Å². The Morgan fingerprint density at radius 3 is 2.67 bits per heavy atom. The van der Waals surface area contributed by atoms with Gasteiger partial charge in [0.25, 0.3) is 0 Å². The summed E-state index contributed by atoms with van der Waals surface area (Å²) in [7, 11) is 0. The monoisotopic (exact) mass is 242 g/mol. The largest absolute Gasteiger partial charge is 0.493 e. The molecular weight excluding hydrogens is 235 g/mol. The SMILES string of the molecule is Oc1nc(-c2ccncc2)nc2cnc(F)cc12. The van der Waals surface area contributed by atoms with Crippen LogP contribution in [0.25, 0.3) is 22.3 Å². The second kappa shape index (κ2) is 3.99. The van der Waals surface area contributed by atoms with E-state index in [0.717, 1.165) is 6.07 Å². The smallest absolute Gasteiger partial charge is 0.222 e. The number of hydrogen-bond donors (Lipinski definition) is 1. The van der Waals surface area contributed by atoms with Gasteiger partial charge in [0.1, 0.15) is 0 Å². The first kappa shape index (κ1) is 10.5. The summed E-state index contributed by atoms with van der Waals surface area (Å²) in [6.07, 6.45) is 4.46. The number of rotatable bonds is 1. The van der Waals surface area contributed by atoms with Gasteiger partial charge in [-0.25, -0.2) is 9.97 Å². The second-order valence-corrected chi connectivity index (χ2v) is 3.63. The molecule has 0 unspecified atom stereocenters. The van der Waals surface area contributed by atoms with E-state index < -0.39 is 5.95 Å². The van der Waals surface area contributed by atoms with E-state index in [1.807, 2.05) is 0 Å². The highest BCUT2D eigenvalue weighted by atomic mass is 19.1. The minimum atomic E-state index is -0.682. The van der Waals surface area contributed by atoms with Gasteiger partial charge in [-0.2, -0.15) is 9.37 Å². The molecule has 0 saturated heterocycles. The molecule has 0 aliphatic heterocycles. The maximum atomic E-state index is 13.0.